The number of hydrogen-bond donors (Lipinski definition) is 5. The van der Waals surface area contributed by atoms with Crippen LogP contribution in [0, 0.1) is 25.6 Å². The van der Waals surface area contributed by atoms with Gasteiger partial charge < -0.3 is 40.3 Å². The van der Waals surface area contributed by atoms with Crippen molar-refractivity contribution in [2.75, 3.05) is 73.9 Å². The molecule has 68 heavy (non-hydrogen) atoms. The molecule has 2 aliphatic carbocycles. The van der Waals surface area contributed by atoms with Gasteiger partial charge in [-0.25, -0.2) is 14.4 Å². The average molecular weight is 1150 g/mol. The SMILES string of the molecule is CNC(=O)C(CCC=O)N(C)c1ccc(N2CCN(CC3CCCCC3)CC2)c(F)c1N(C)C=O.[CH2-]C(C)(O)NSc1ccc(Nc2ncc(C(F)(F)F)c(C3CCC(C)(O)CC3)n2)c(C)c1.[Os+]. The van der Waals surface area contributed by atoms with Gasteiger partial charge in [0.05, 0.1) is 28.2 Å². The monoisotopic (exact) mass is 1150 g/mol. The molecule has 1 aromatic heterocycles. The van der Waals surface area contributed by atoms with E-state index in [2.05, 4.69) is 37.1 Å². The van der Waals surface area contributed by atoms with E-state index in [0.29, 0.717) is 49.2 Å². The van der Waals surface area contributed by atoms with Crippen LogP contribution in [-0.4, -0.2) is 115 Å². The van der Waals surface area contributed by atoms with Crippen molar-refractivity contribution in [1.29, 1.82) is 0 Å². The molecule has 1 radical (unpaired) electrons. The van der Waals surface area contributed by atoms with Crippen molar-refractivity contribution in [3.05, 3.63) is 66.1 Å². The molecular weight excluding hydrogens is 1080 g/mol. The predicted molar refractivity (Wildman–Crippen MR) is 256 cm³/mol. The molecule has 3 aliphatic rings. The van der Waals surface area contributed by atoms with Gasteiger partial charge in [-0.3, -0.25) is 26.1 Å². The second-order valence-electron chi connectivity index (χ2n) is 18.6. The summed E-state index contributed by atoms with van der Waals surface area (Å²) < 4.78 is 59.5. The molecule has 2 saturated carbocycles. The topological polar surface area (TPSA) is 166 Å². The Kier molecular flexibility index (Phi) is 21.1. The third-order valence-corrected chi connectivity index (χ3v) is 13.9. The minimum Gasteiger partial charge on any atom is -0.407 e. The van der Waals surface area contributed by atoms with Crippen molar-refractivity contribution in [2.24, 2.45) is 5.92 Å². The number of carbonyl (C=O) groups excluding carboxylic acids is 3. The Morgan fingerprint density at radius 2 is 1.72 bits per heavy atom. The van der Waals surface area contributed by atoms with Gasteiger partial charge in [-0.15, -0.1) is 0 Å². The molecule has 2 atom stereocenters. The van der Waals surface area contributed by atoms with Crippen molar-refractivity contribution in [1.82, 2.24) is 24.9 Å². The van der Waals surface area contributed by atoms with E-state index in [9.17, 15) is 37.8 Å². The van der Waals surface area contributed by atoms with Crippen molar-refractivity contribution >= 4 is 59.2 Å². The number of benzene rings is 2. The zero-order valence-corrected chi connectivity index (χ0v) is 43.3. The Balaban J connectivity index is 0.000000293. The van der Waals surface area contributed by atoms with Crippen LogP contribution in [0.4, 0.5) is 46.3 Å². The van der Waals surface area contributed by atoms with E-state index in [4.69, 9.17) is 0 Å². The van der Waals surface area contributed by atoms with E-state index >= 15 is 4.39 Å². The predicted octanol–water partition coefficient (Wildman–Crippen LogP) is 7.74. The van der Waals surface area contributed by atoms with Crippen LogP contribution in [-0.2, 0) is 40.4 Å². The molecule has 6 rings (SSSR count). The molecule has 5 N–H and O–H groups in total. The van der Waals surface area contributed by atoms with Crippen molar-refractivity contribution in [3.63, 3.8) is 0 Å². The molecular formula is C48H68F4N9O5OsS. The first-order valence-electron chi connectivity index (χ1n) is 23.1. The number of piperazine rings is 1. The number of aliphatic hydroxyl groups is 2. The molecule has 14 nitrogen and oxygen atoms in total. The first kappa shape index (κ1) is 56.7. The van der Waals surface area contributed by atoms with Crippen LogP contribution in [0.25, 0.3) is 0 Å². The summed E-state index contributed by atoms with van der Waals surface area (Å²) in [5.74, 6) is -0.269. The Labute approximate surface area is 416 Å². The molecule has 3 aromatic rings. The van der Waals surface area contributed by atoms with Crippen molar-refractivity contribution in [2.45, 2.75) is 126 Å². The second kappa shape index (κ2) is 25.3. The Bertz CT molecular complexity index is 2130. The van der Waals surface area contributed by atoms with Crippen LogP contribution >= 0.6 is 11.9 Å². The largest absolute Gasteiger partial charge is 1.00 e. The van der Waals surface area contributed by atoms with Crippen LogP contribution in [0.2, 0.25) is 0 Å². The van der Waals surface area contributed by atoms with Gasteiger partial charge in [0, 0.05) is 83.0 Å². The summed E-state index contributed by atoms with van der Waals surface area (Å²) in [4.78, 5) is 51.5. The average Bonchev–Trinajstić information content (AvgIpc) is 3.29. The molecule has 2 unspecified atom stereocenters. The van der Waals surface area contributed by atoms with Crippen LogP contribution < -0.4 is 30.1 Å². The number of halogens is 4. The van der Waals surface area contributed by atoms with E-state index in [1.807, 2.05) is 17.9 Å². The molecule has 0 spiro atoms. The zero-order chi connectivity index (χ0) is 49.1. The van der Waals surface area contributed by atoms with Gasteiger partial charge in [0.15, 0.2) is 5.82 Å². The summed E-state index contributed by atoms with van der Waals surface area (Å²) in [6.07, 6.45) is 6.47. The number of amides is 2. The number of aromatic nitrogens is 2. The number of hydrogen-bond acceptors (Lipinski definition) is 13. The molecule has 2 amide bonds. The molecule has 1 saturated heterocycles. The Morgan fingerprint density at radius 3 is 2.29 bits per heavy atom. The number of aryl methyl sites for hydroxylation is 1. The van der Waals surface area contributed by atoms with Gasteiger partial charge in [-0.2, -0.15) is 13.2 Å². The maximum atomic E-state index is 15.9. The van der Waals surface area contributed by atoms with Gasteiger partial charge in [-0.1, -0.05) is 26.2 Å². The van der Waals surface area contributed by atoms with E-state index in [1.54, 1.807) is 43.1 Å². The van der Waals surface area contributed by atoms with Gasteiger partial charge in [-0.05, 0) is 118 Å². The smallest absolute Gasteiger partial charge is 0.407 e. The van der Waals surface area contributed by atoms with E-state index in [1.165, 1.54) is 70.0 Å². The van der Waals surface area contributed by atoms with E-state index < -0.39 is 40.8 Å². The fourth-order valence-corrected chi connectivity index (χ4v) is 9.76. The minimum atomic E-state index is -4.55. The van der Waals surface area contributed by atoms with Crippen LogP contribution in [0.3, 0.4) is 0 Å². The minimum absolute atomic E-state index is 0. The summed E-state index contributed by atoms with van der Waals surface area (Å²) in [6.45, 7) is 13.0. The summed E-state index contributed by atoms with van der Waals surface area (Å²) >= 11 is 1.22. The summed E-state index contributed by atoms with van der Waals surface area (Å²) in [7, 11) is 4.72. The number of anilines is 5. The number of carbonyl (C=O) groups is 3. The maximum Gasteiger partial charge on any atom is 1.00 e. The Hall–Kier alpha value is -3.92. The third kappa shape index (κ3) is 15.8. The quantitative estimate of drug-likeness (QED) is 0.0293. The van der Waals surface area contributed by atoms with Gasteiger partial charge >= 0.3 is 26.0 Å². The molecule has 3 fully saturated rings. The fraction of sp³-hybridized carbons (Fsp3) is 0.583. The number of likely N-dealkylation sites (N-methyl/N-ethyl adjacent to an activating group) is 2. The summed E-state index contributed by atoms with van der Waals surface area (Å²) in [5.41, 5.74) is -0.481. The third-order valence-electron chi connectivity index (χ3n) is 12.9. The van der Waals surface area contributed by atoms with Crippen LogP contribution in [0.5, 0.6) is 0 Å². The number of alkyl halides is 3. The van der Waals surface area contributed by atoms with E-state index in [0.717, 1.165) is 61.6 Å². The standard InChI is InChI=1S/C26H40FN5O3.C22H28F3N4O2S.Os/c1-28-26(35)23(10-7-17-33)30(3)22-12-11-21(24(27)25(22)29(2)19-34)32-15-13-31(14-16-32)18-20-8-5-4-6-9-20;1-13-11-15(32-29-20(2,3)30)5-6-17(13)27-19-26-12-16(22(23,24)25)18(28-19)14-7-9-21(4,31)10-8-14;/h11-12,17,19-20,23H,4-10,13-16,18H2,1-3H3,(H,28,35);5-6,11-12,14,29-31H,2,7-10H2,1,3-4H3,(H,26,27,28);/q;-1;+1. The molecule has 2 heterocycles. The van der Waals surface area contributed by atoms with E-state index in [-0.39, 0.29) is 55.9 Å². The first-order valence-corrected chi connectivity index (χ1v) is 23.9. The number of rotatable bonds is 17. The number of aldehydes is 1. The number of nitrogens with one attached hydrogen (secondary N) is 3. The van der Waals surface area contributed by atoms with Gasteiger partial charge in [0.25, 0.3) is 0 Å². The normalized spacial score (nSPS) is 20.4. The fourth-order valence-electron chi connectivity index (χ4n) is 9.06. The summed E-state index contributed by atoms with van der Waals surface area (Å²) in [6, 6.07) is 8.26. The Morgan fingerprint density at radius 1 is 1.06 bits per heavy atom. The van der Waals surface area contributed by atoms with Crippen molar-refractivity contribution < 1.29 is 61.9 Å². The molecule has 20 heteroatoms. The van der Waals surface area contributed by atoms with Crippen molar-refractivity contribution in [3.8, 4) is 0 Å². The van der Waals surface area contributed by atoms with Gasteiger partial charge in [0.2, 0.25) is 18.3 Å². The summed E-state index contributed by atoms with van der Waals surface area (Å²) in [5, 5.41) is 25.5. The zero-order valence-electron chi connectivity index (χ0n) is 39.9. The van der Waals surface area contributed by atoms with Crippen LogP contribution in [0.1, 0.15) is 107 Å². The molecule has 377 valence electrons. The van der Waals surface area contributed by atoms with Gasteiger partial charge in [0.1, 0.15) is 18.0 Å². The van der Waals surface area contributed by atoms with Crippen LogP contribution in [0.15, 0.2) is 41.4 Å². The maximum absolute atomic E-state index is 15.9. The molecule has 0 bridgehead atoms. The first-order chi connectivity index (χ1) is 31.6. The second-order valence-corrected chi connectivity index (χ2v) is 19.5. The number of nitrogens with zero attached hydrogens (tertiary/aromatic N) is 6. The molecule has 2 aromatic carbocycles. The molecule has 1 aliphatic heterocycles.